The molecule has 96 valence electrons. The Balaban J connectivity index is 1.99. The van der Waals surface area contributed by atoms with Crippen molar-refractivity contribution in [2.45, 2.75) is 19.4 Å². The Hall–Kier alpha value is -1.24. The molecule has 0 radical (unpaired) electrons. The highest BCUT2D eigenvalue weighted by Crippen LogP contribution is 2.45. The van der Waals surface area contributed by atoms with Gasteiger partial charge in [0.15, 0.2) is 0 Å². The van der Waals surface area contributed by atoms with E-state index in [1.54, 1.807) is 7.11 Å². The first kappa shape index (κ1) is 13.2. The van der Waals surface area contributed by atoms with Crippen molar-refractivity contribution in [3.8, 4) is 11.8 Å². The van der Waals surface area contributed by atoms with E-state index >= 15 is 0 Å². The van der Waals surface area contributed by atoms with Crippen LogP contribution in [0.25, 0.3) is 0 Å². The monoisotopic (exact) mass is 264 g/mol. The van der Waals surface area contributed by atoms with Gasteiger partial charge in [0.1, 0.15) is 5.75 Å². The van der Waals surface area contributed by atoms with Crippen molar-refractivity contribution in [1.29, 1.82) is 5.26 Å². The molecule has 0 heterocycles. The van der Waals surface area contributed by atoms with Gasteiger partial charge in [-0.1, -0.05) is 17.7 Å². The van der Waals surface area contributed by atoms with Crippen LogP contribution in [0.15, 0.2) is 18.2 Å². The molecule has 0 N–H and O–H groups in total. The molecule has 1 aliphatic rings. The number of halogens is 1. The molecule has 0 saturated heterocycles. The fraction of sp³-hybridized carbons (Fsp3) is 0.500. The summed E-state index contributed by atoms with van der Waals surface area (Å²) in [5.74, 6) is 0.766. The van der Waals surface area contributed by atoms with Crippen molar-refractivity contribution in [2.24, 2.45) is 5.41 Å². The highest BCUT2D eigenvalue weighted by Gasteiger charge is 2.43. The fourth-order valence-corrected chi connectivity index (χ4v) is 2.33. The van der Waals surface area contributed by atoms with E-state index in [-0.39, 0.29) is 5.41 Å². The minimum atomic E-state index is -0.103. The van der Waals surface area contributed by atoms with Crippen LogP contribution in [0.4, 0.5) is 0 Å². The fourth-order valence-electron chi connectivity index (χ4n) is 2.10. The van der Waals surface area contributed by atoms with Crippen LogP contribution in [-0.2, 0) is 6.54 Å². The Morgan fingerprint density at radius 3 is 2.72 bits per heavy atom. The zero-order valence-electron chi connectivity index (χ0n) is 10.7. The number of nitrogens with zero attached hydrogens (tertiary/aromatic N) is 2. The van der Waals surface area contributed by atoms with Gasteiger partial charge in [-0.05, 0) is 37.6 Å². The molecule has 0 atom stereocenters. The molecule has 1 aliphatic carbocycles. The molecule has 1 saturated carbocycles. The van der Waals surface area contributed by atoms with Crippen LogP contribution in [0.1, 0.15) is 18.4 Å². The SMILES string of the molecule is COc1ccc(CN(C)CC2(C#N)CC2)c(Cl)c1. The van der Waals surface area contributed by atoms with Gasteiger partial charge in [-0.25, -0.2) is 0 Å². The number of methoxy groups -OCH3 is 1. The summed E-state index contributed by atoms with van der Waals surface area (Å²) in [6.45, 7) is 1.57. The lowest BCUT2D eigenvalue weighted by Gasteiger charge is -2.20. The summed E-state index contributed by atoms with van der Waals surface area (Å²) in [6, 6.07) is 8.11. The van der Waals surface area contributed by atoms with E-state index in [0.29, 0.717) is 5.02 Å². The largest absolute Gasteiger partial charge is 0.497 e. The van der Waals surface area contributed by atoms with Crippen LogP contribution < -0.4 is 4.74 Å². The molecular weight excluding hydrogens is 248 g/mol. The highest BCUT2D eigenvalue weighted by molar-refractivity contribution is 6.31. The molecule has 0 amide bonds. The Bertz CT molecular complexity index is 477. The summed E-state index contributed by atoms with van der Waals surface area (Å²) in [7, 11) is 3.65. The maximum absolute atomic E-state index is 9.08. The first-order valence-corrected chi connectivity index (χ1v) is 6.38. The van der Waals surface area contributed by atoms with Crippen molar-refractivity contribution < 1.29 is 4.74 Å². The maximum atomic E-state index is 9.08. The van der Waals surface area contributed by atoms with E-state index < -0.39 is 0 Å². The van der Waals surface area contributed by atoms with Gasteiger partial charge in [-0.3, -0.25) is 0 Å². The Morgan fingerprint density at radius 2 is 2.22 bits per heavy atom. The van der Waals surface area contributed by atoms with Gasteiger partial charge >= 0.3 is 0 Å². The number of rotatable bonds is 5. The van der Waals surface area contributed by atoms with Gasteiger partial charge in [0.05, 0.1) is 18.6 Å². The van der Waals surface area contributed by atoms with Crippen LogP contribution in [0, 0.1) is 16.7 Å². The quantitative estimate of drug-likeness (QED) is 0.820. The van der Waals surface area contributed by atoms with Crippen molar-refractivity contribution in [2.75, 3.05) is 20.7 Å². The van der Waals surface area contributed by atoms with Crippen LogP contribution >= 0.6 is 11.6 Å². The van der Waals surface area contributed by atoms with Crippen molar-refractivity contribution in [3.05, 3.63) is 28.8 Å². The molecule has 0 aliphatic heterocycles. The third kappa shape index (κ3) is 2.95. The van der Waals surface area contributed by atoms with E-state index in [9.17, 15) is 0 Å². The van der Waals surface area contributed by atoms with Crippen molar-refractivity contribution in [3.63, 3.8) is 0 Å². The third-order valence-corrected chi connectivity index (χ3v) is 3.72. The van der Waals surface area contributed by atoms with Crippen LogP contribution in [0.3, 0.4) is 0 Å². The van der Waals surface area contributed by atoms with Gasteiger partial charge in [0.2, 0.25) is 0 Å². The van der Waals surface area contributed by atoms with E-state index in [4.69, 9.17) is 21.6 Å². The van der Waals surface area contributed by atoms with Gasteiger partial charge < -0.3 is 9.64 Å². The summed E-state index contributed by atoms with van der Waals surface area (Å²) in [5, 5.41) is 9.79. The number of nitriles is 1. The van der Waals surface area contributed by atoms with E-state index in [2.05, 4.69) is 11.0 Å². The zero-order chi connectivity index (χ0) is 13.2. The molecule has 0 aromatic heterocycles. The summed E-state index contributed by atoms with van der Waals surface area (Å²) in [5.41, 5.74) is 0.960. The molecule has 2 rings (SSSR count). The molecule has 0 spiro atoms. The van der Waals surface area contributed by atoms with Gasteiger partial charge in [-0.2, -0.15) is 5.26 Å². The average Bonchev–Trinajstić information content (AvgIpc) is 3.12. The van der Waals surface area contributed by atoms with E-state index in [0.717, 1.165) is 37.2 Å². The molecule has 1 aromatic carbocycles. The highest BCUT2D eigenvalue weighted by atomic mass is 35.5. The first-order chi connectivity index (χ1) is 8.58. The molecule has 3 nitrogen and oxygen atoms in total. The molecule has 1 fully saturated rings. The Labute approximate surface area is 113 Å². The lowest BCUT2D eigenvalue weighted by Crippen LogP contribution is -2.25. The van der Waals surface area contributed by atoms with E-state index in [1.165, 1.54) is 0 Å². The molecule has 0 unspecified atom stereocenters. The third-order valence-electron chi connectivity index (χ3n) is 3.36. The van der Waals surface area contributed by atoms with E-state index in [1.807, 2.05) is 25.2 Å². The molecule has 18 heavy (non-hydrogen) atoms. The Morgan fingerprint density at radius 1 is 1.50 bits per heavy atom. The molecule has 4 heteroatoms. The minimum Gasteiger partial charge on any atom is -0.497 e. The minimum absolute atomic E-state index is 0.103. The van der Waals surface area contributed by atoms with Gasteiger partial charge in [-0.15, -0.1) is 0 Å². The van der Waals surface area contributed by atoms with Gasteiger partial charge in [0.25, 0.3) is 0 Å². The van der Waals surface area contributed by atoms with Crippen LogP contribution in [0.5, 0.6) is 5.75 Å². The summed E-state index contributed by atoms with van der Waals surface area (Å²) >= 11 is 6.20. The second-order valence-corrected chi connectivity index (χ2v) is 5.43. The number of ether oxygens (including phenoxy) is 1. The predicted octanol–water partition coefficient (Wildman–Crippen LogP) is 3.08. The van der Waals surface area contributed by atoms with Gasteiger partial charge in [0, 0.05) is 18.1 Å². The molecule has 1 aromatic rings. The average molecular weight is 265 g/mol. The van der Waals surface area contributed by atoms with Crippen LogP contribution in [-0.4, -0.2) is 25.6 Å². The second kappa shape index (κ2) is 5.17. The topological polar surface area (TPSA) is 36.3 Å². The lowest BCUT2D eigenvalue weighted by molar-refractivity contribution is 0.286. The maximum Gasteiger partial charge on any atom is 0.120 e. The summed E-state index contributed by atoms with van der Waals surface area (Å²) in [6.07, 6.45) is 2.04. The van der Waals surface area contributed by atoms with Crippen LogP contribution in [0.2, 0.25) is 5.02 Å². The zero-order valence-corrected chi connectivity index (χ0v) is 11.5. The molecular formula is C14H17ClN2O. The normalized spacial score (nSPS) is 16.4. The Kier molecular flexibility index (Phi) is 3.79. The van der Waals surface area contributed by atoms with Crippen molar-refractivity contribution in [1.82, 2.24) is 4.90 Å². The number of benzene rings is 1. The lowest BCUT2D eigenvalue weighted by atomic mass is 10.1. The number of hydrogen-bond acceptors (Lipinski definition) is 3. The van der Waals surface area contributed by atoms with Crippen molar-refractivity contribution >= 4 is 11.6 Å². The second-order valence-electron chi connectivity index (χ2n) is 5.02. The molecule has 0 bridgehead atoms. The number of hydrogen-bond donors (Lipinski definition) is 0. The standard InChI is InChI=1S/C14H17ClN2O/c1-17(10-14(9-16)5-6-14)8-11-3-4-12(18-2)7-13(11)15/h3-4,7H,5-6,8,10H2,1-2H3. The summed E-state index contributed by atoms with van der Waals surface area (Å²) in [4.78, 5) is 2.16. The smallest absolute Gasteiger partial charge is 0.120 e. The first-order valence-electron chi connectivity index (χ1n) is 6.01. The predicted molar refractivity (Wildman–Crippen MR) is 71.6 cm³/mol. The summed E-state index contributed by atoms with van der Waals surface area (Å²) < 4.78 is 5.12.